The van der Waals surface area contributed by atoms with Crippen molar-refractivity contribution in [2.24, 2.45) is 0 Å². The summed E-state index contributed by atoms with van der Waals surface area (Å²) in [4.78, 5) is 21.8. The van der Waals surface area contributed by atoms with E-state index in [1.54, 1.807) is 30.3 Å². The van der Waals surface area contributed by atoms with Crippen LogP contribution in [0.3, 0.4) is 0 Å². The Labute approximate surface area is 148 Å². The van der Waals surface area contributed by atoms with Crippen molar-refractivity contribution in [1.29, 1.82) is 0 Å². The van der Waals surface area contributed by atoms with Crippen LogP contribution in [0.5, 0.6) is 0 Å². The standard InChI is InChI=1S/C16H16ClN3O3S/c17-13-9-14(20-5-7-23-8-6-20)19-16(18-13)24-10-11-1-3-12(4-2-11)15(21)22/h1-4,9H,5-8,10H2,(H,21,22). The normalized spacial score (nSPS) is 14.6. The molecule has 0 bridgehead atoms. The molecule has 0 spiro atoms. The van der Waals surface area contributed by atoms with Crippen LogP contribution in [-0.4, -0.2) is 47.3 Å². The zero-order valence-electron chi connectivity index (χ0n) is 12.8. The fourth-order valence-electron chi connectivity index (χ4n) is 2.30. The molecule has 24 heavy (non-hydrogen) atoms. The Balaban J connectivity index is 1.68. The second-order valence-corrected chi connectivity index (χ2v) is 6.55. The number of nitrogens with zero attached hydrogens (tertiary/aromatic N) is 3. The highest BCUT2D eigenvalue weighted by Crippen LogP contribution is 2.25. The zero-order chi connectivity index (χ0) is 16.9. The molecule has 0 aliphatic carbocycles. The number of halogens is 1. The van der Waals surface area contributed by atoms with Gasteiger partial charge in [-0.3, -0.25) is 0 Å². The van der Waals surface area contributed by atoms with Gasteiger partial charge in [0.25, 0.3) is 0 Å². The van der Waals surface area contributed by atoms with Gasteiger partial charge < -0.3 is 14.7 Å². The third-order valence-corrected chi connectivity index (χ3v) is 4.68. The molecule has 1 aliphatic heterocycles. The van der Waals surface area contributed by atoms with E-state index in [1.807, 2.05) is 0 Å². The van der Waals surface area contributed by atoms with Crippen molar-refractivity contribution in [3.63, 3.8) is 0 Å². The summed E-state index contributed by atoms with van der Waals surface area (Å²) in [6.07, 6.45) is 0. The SMILES string of the molecule is O=C(O)c1ccc(CSc2nc(Cl)cc(N3CCOCC3)n2)cc1. The van der Waals surface area contributed by atoms with Gasteiger partial charge in [-0.05, 0) is 17.7 Å². The number of aromatic carboxylic acids is 1. The van der Waals surface area contributed by atoms with E-state index in [0.717, 1.165) is 24.5 Å². The van der Waals surface area contributed by atoms with Crippen molar-refractivity contribution in [3.05, 3.63) is 46.6 Å². The Morgan fingerprint density at radius 3 is 2.62 bits per heavy atom. The van der Waals surface area contributed by atoms with E-state index in [2.05, 4.69) is 14.9 Å². The van der Waals surface area contributed by atoms with Crippen LogP contribution < -0.4 is 4.90 Å². The molecule has 8 heteroatoms. The van der Waals surface area contributed by atoms with Crippen molar-refractivity contribution in [2.75, 3.05) is 31.2 Å². The van der Waals surface area contributed by atoms with Gasteiger partial charge in [-0.15, -0.1) is 0 Å². The summed E-state index contributed by atoms with van der Waals surface area (Å²) < 4.78 is 5.35. The van der Waals surface area contributed by atoms with Crippen LogP contribution in [0.15, 0.2) is 35.5 Å². The Hall–Kier alpha value is -1.83. The molecule has 1 N–H and O–H groups in total. The van der Waals surface area contributed by atoms with E-state index in [-0.39, 0.29) is 5.56 Å². The van der Waals surface area contributed by atoms with Gasteiger partial charge in [-0.2, -0.15) is 0 Å². The summed E-state index contributed by atoms with van der Waals surface area (Å²) in [5.74, 6) is 0.521. The number of carboxylic acids is 1. The van der Waals surface area contributed by atoms with Crippen molar-refractivity contribution in [3.8, 4) is 0 Å². The summed E-state index contributed by atoms with van der Waals surface area (Å²) in [6, 6.07) is 8.54. The predicted octanol–water partition coefficient (Wildman–Crippen LogP) is 2.96. The van der Waals surface area contributed by atoms with Crippen molar-refractivity contribution < 1.29 is 14.6 Å². The third-order valence-electron chi connectivity index (χ3n) is 3.56. The zero-order valence-corrected chi connectivity index (χ0v) is 14.4. The molecule has 0 saturated carbocycles. The maximum Gasteiger partial charge on any atom is 0.335 e. The Morgan fingerprint density at radius 1 is 1.25 bits per heavy atom. The molecule has 1 aromatic carbocycles. The summed E-state index contributed by atoms with van der Waals surface area (Å²) >= 11 is 7.59. The average Bonchev–Trinajstić information content (AvgIpc) is 2.60. The van der Waals surface area contributed by atoms with Gasteiger partial charge >= 0.3 is 5.97 Å². The molecule has 2 heterocycles. The average molecular weight is 366 g/mol. The molecule has 2 aromatic rings. The maximum absolute atomic E-state index is 10.9. The monoisotopic (exact) mass is 365 g/mol. The van der Waals surface area contributed by atoms with E-state index < -0.39 is 5.97 Å². The van der Waals surface area contributed by atoms with Crippen LogP contribution in [-0.2, 0) is 10.5 Å². The molecular formula is C16H16ClN3O3S. The Kier molecular flexibility index (Phi) is 5.55. The van der Waals surface area contributed by atoms with Gasteiger partial charge in [0.15, 0.2) is 5.16 Å². The molecule has 1 saturated heterocycles. The molecule has 6 nitrogen and oxygen atoms in total. The van der Waals surface area contributed by atoms with Gasteiger partial charge in [0, 0.05) is 24.9 Å². The summed E-state index contributed by atoms with van der Waals surface area (Å²) in [6.45, 7) is 2.93. The second-order valence-electron chi connectivity index (χ2n) is 5.22. The van der Waals surface area contributed by atoms with Crippen LogP contribution >= 0.6 is 23.4 Å². The fourth-order valence-corrected chi connectivity index (χ4v) is 3.33. The predicted molar refractivity (Wildman–Crippen MR) is 93.0 cm³/mol. The molecular weight excluding hydrogens is 350 g/mol. The number of thioether (sulfide) groups is 1. The lowest BCUT2D eigenvalue weighted by Crippen LogP contribution is -2.36. The first-order valence-corrected chi connectivity index (χ1v) is 8.80. The molecule has 1 aromatic heterocycles. The van der Waals surface area contributed by atoms with E-state index in [9.17, 15) is 4.79 Å². The molecule has 0 unspecified atom stereocenters. The van der Waals surface area contributed by atoms with Crippen molar-refractivity contribution >= 4 is 35.1 Å². The summed E-state index contributed by atoms with van der Waals surface area (Å²) in [5, 5.41) is 9.93. The summed E-state index contributed by atoms with van der Waals surface area (Å²) in [5.41, 5.74) is 1.28. The molecule has 1 fully saturated rings. The largest absolute Gasteiger partial charge is 0.478 e. The van der Waals surface area contributed by atoms with Gasteiger partial charge in [0.2, 0.25) is 0 Å². The van der Waals surface area contributed by atoms with Crippen molar-refractivity contribution in [2.45, 2.75) is 10.9 Å². The number of rotatable bonds is 5. The van der Waals surface area contributed by atoms with Gasteiger partial charge in [-0.25, -0.2) is 14.8 Å². The Bertz CT molecular complexity index is 721. The van der Waals surface area contributed by atoms with Crippen LogP contribution in [0, 0.1) is 0 Å². The van der Waals surface area contributed by atoms with E-state index in [1.165, 1.54) is 11.8 Å². The smallest absolute Gasteiger partial charge is 0.335 e. The molecule has 126 valence electrons. The first-order chi connectivity index (χ1) is 11.6. The number of anilines is 1. The van der Waals surface area contributed by atoms with Crippen molar-refractivity contribution in [1.82, 2.24) is 9.97 Å². The first kappa shape index (κ1) is 17.0. The number of benzene rings is 1. The van der Waals surface area contributed by atoms with E-state index >= 15 is 0 Å². The first-order valence-electron chi connectivity index (χ1n) is 7.44. The van der Waals surface area contributed by atoms with Crippen LogP contribution in [0.4, 0.5) is 5.82 Å². The number of carboxylic acid groups (broad SMARTS) is 1. The van der Waals surface area contributed by atoms with Crippen LogP contribution in [0.25, 0.3) is 0 Å². The van der Waals surface area contributed by atoms with Crippen LogP contribution in [0.2, 0.25) is 5.15 Å². The molecule has 0 amide bonds. The highest BCUT2D eigenvalue weighted by Gasteiger charge is 2.15. The number of carbonyl (C=O) groups is 1. The van der Waals surface area contributed by atoms with Gasteiger partial charge in [0.05, 0.1) is 18.8 Å². The minimum Gasteiger partial charge on any atom is -0.478 e. The molecule has 0 radical (unpaired) electrons. The lowest BCUT2D eigenvalue weighted by atomic mass is 10.1. The maximum atomic E-state index is 10.9. The topological polar surface area (TPSA) is 75.5 Å². The molecule has 0 atom stereocenters. The number of hydrogen-bond donors (Lipinski definition) is 1. The minimum atomic E-state index is -0.928. The van der Waals surface area contributed by atoms with Crippen LogP contribution in [0.1, 0.15) is 15.9 Å². The molecule has 3 rings (SSSR count). The van der Waals surface area contributed by atoms with Gasteiger partial charge in [0.1, 0.15) is 11.0 Å². The highest BCUT2D eigenvalue weighted by atomic mass is 35.5. The lowest BCUT2D eigenvalue weighted by molar-refractivity contribution is 0.0697. The fraction of sp³-hybridized carbons (Fsp3) is 0.312. The highest BCUT2D eigenvalue weighted by molar-refractivity contribution is 7.98. The number of hydrogen-bond acceptors (Lipinski definition) is 6. The van der Waals surface area contributed by atoms with E-state index in [4.69, 9.17) is 21.4 Å². The number of ether oxygens (including phenoxy) is 1. The van der Waals surface area contributed by atoms with E-state index in [0.29, 0.717) is 29.3 Å². The minimum absolute atomic E-state index is 0.275. The lowest BCUT2D eigenvalue weighted by Gasteiger charge is -2.27. The van der Waals surface area contributed by atoms with Gasteiger partial charge in [-0.1, -0.05) is 35.5 Å². The molecule has 1 aliphatic rings. The summed E-state index contributed by atoms with van der Waals surface area (Å²) in [7, 11) is 0. The second kappa shape index (κ2) is 7.83. The Morgan fingerprint density at radius 2 is 1.96 bits per heavy atom. The number of morpholine rings is 1. The quantitative estimate of drug-likeness (QED) is 0.496. The number of aromatic nitrogens is 2. The third kappa shape index (κ3) is 4.37.